The van der Waals surface area contributed by atoms with Crippen LogP contribution in [0.25, 0.3) is 11.3 Å². The number of nitrogens with zero attached hydrogens (tertiary/aromatic N) is 1. The summed E-state index contributed by atoms with van der Waals surface area (Å²) >= 11 is 8.36. The number of aromatic nitrogens is 1. The van der Waals surface area contributed by atoms with Crippen LogP contribution in [0.4, 0.5) is 5.13 Å². The van der Waals surface area contributed by atoms with Crippen LogP contribution >= 0.6 is 22.9 Å². The van der Waals surface area contributed by atoms with Crippen molar-refractivity contribution in [3.05, 3.63) is 35.7 Å². The molecule has 130 valence electrons. The number of hydrogen-bond acceptors (Lipinski definition) is 3. The summed E-state index contributed by atoms with van der Waals surface area (Å²) in [5, 5.41) is 5.82. The average molecular weight is 373 g/mol. The zero-order valence-corrected chi connectivity index (χ0v) is 15.6. The van der Waals surface area contributed by atoms with Gasteiger partial charge in [-0.2, -0.15) is 0 Å². The number of rotatable bonds is 3. The van der Waals surface area contributed by atoms with E-state index in [0.717, 1.165) is 43.4 Å². The van der Waals surface area contributed by atoms with Gasteiger partial charge in [-0.25, -0.2) is 4.98 Å². The Morgan fingerprint density at radius 2 is 1.88 bits per heavy atom. The van der Waals surface area contributed by atoms with Gasteiger partial charge in [-0.05, 0) is 50.4 Å². The minimum Gasteiger partial charge on any atom is -0.301 e. The number of carbonyl (C=O) groups excluding carboxylic acids is 1. The Labute approximate surface area is 156 Å². The second-order valence-electron chi connectivity index (χ2n) is 8.25. The highest BCUT2D eigenvalue weighted by atomic mass is 35.5. The van der Waals surface area contributed by atoms with Crippen LogP contribution in [0.3, 0.4) is 0 Å². The first-order chi connectivity index (χ1) is 12.0. The minimum atomic E-state index is -0.273. The smallest absolute Gasteiger partial charge is 0.232 e. The zero-order chi connectivity index (χ0) is 17.1. The number of thiazole rings is 1. The third kappa shape index (κ3) is 2.70. The molecule has 0 radical (unpaired) electrons. The summed E-state index contributed by atoms with van der Waals surface area (Å²) < 4.78 is 0. The first kappa shape index (κ1) is 15.8. The largest absolute Gasteiger partial charge is 0.301 e. The predicted octanol–water partition coefficient (Wildman–Crippen LogP) is 5.33. The summed E-state index contributed by atoms with van der Waals surface area (Å²) in [7, 11) is 0. The number of benzene rings is 1. The molecule has 6 rings (SSSR count). The van der Waals surface area contributed by atoms with Crippen LogP contribution in [0.1, 0.15) is 38.5 Å². The fourth-order valence-corrected chi connectivity index (χ4v) is 7.13. The van der Waals surface area contributed by atoms with Gasteiger partial charge in [0.25, 0.3) is 0 Å². The topological polar surface area (TPSA) is 42.0 Å². The van der Waals surface area contributed by atoms with Crippen molar-refractivity contribution in [2.45, 2.75) is 43.4 Å². The molecule has 2 unspecified atom stereocenters. The molecule has 5 heteroatoms. The molecule has 25 heavy (non-hydrogen) atoms. The van der Waals surface area contributed by atoms with Crippen LogP contribution in [-0.4, -0.2) is 15.8 Å². The maximum atomic E-state index is 13.2. The summed E-state index contributed by atoms with van der Waals surface area (Å²) in [5.74, 6) is 1.39. The fourth-order valence-electron chi connectivity index (χ4n) is 5.72. The molecule has 0 aliphatic heterocycles. The lowest BCUT2D eigenvalue weighted by atomic mass is 9.49. The summed E-state index contributed by atoms with van der Waals surface area (Å²) in [6.07, 6.45) is 6.28. The minimum absolute atomic E-state index is 0.139. The Morgan fingerprint density at radius 3 is 2.56 bits per heavy atom. The Kier molecular flexibility index (Phi) is 3.52. The molecule has 0 spiro atoms. The van der Waals surface area contributed by atoms with E-state index >= 15 is 0 Å². The Hall–Kier alpha value is -1.39. The number of halogens is 1. The van der Waals surface area contributed by atoms with Crippen molar-refractivity contribution in [1.29, 1.82) is 0 Å². The average Bonchev–Trinajstić information content (AvgIpc) is 3.02. The molecule has 1 N–H and O–H groups in total. The zero-order valence-electron chi connectivity index (χ0n) is 14.0. The third-order valence-electron chi connectivity index (χ3n) is 6.27. The molecular formula is C20H21ClN2OS. The van der Waals surface area contributed by atoms with E-state index < -0.39 is 0 Å². The van der Waals surface area contributed by atoms with Gasteiger partial charge in [-0.1, -0.05) is 30.3 Å². The highest BCUT2D eigenvalue weighted by molar-refractivity contribution is 7.14. The lowest BCUT2D eigenvalue weighted by Crippen LogP contribution is -2.57. The number of carbonyl (C=O) groups is 1. The predicted molar refractivity (Wildman–Crippen MR) is 102 cm³/mol. The van der Waals surface area contributed by atoms with Gasteiger partial charge < -0.3 is 5.32 Å². The van der Waals surface area contributed by atoms with E-state index in [2.05, 4.69) is 10.3 Å². The van der Waals surface area contributed by atoms with Gasteiger partial charge in [0.1, 0.15) is 0 Å². The standard InChI is InChI=1S/C20H21ClN2OS/c21-20-9-13-6-14(10-20)8-19(7-13,12-20)17(24)23-18-22-16(11-25-18)15-4-2-1-3-5-15/h1-5,11,13-14H,6-10,12H2,(H,22,23,24). The fraction of sp³-hybridized carbons (Fsp3) is 0.500. The van der Waals surface area contributed by atoms with Gasteiger partial charge in [-0.3, -0.25) is 4.79 Å². The Balaban J connectivity index is 1.37. The molecule has 4 aliphatic carbocycles. The number of hydrogen-bond donors (Lipinski definition) is 1. The van der Waals surface area contributed by atoms with Gasteiger partial charge in [0.15, 0.2) is 5.13 Å². The number of anilines is 1. The molecule has 4 aliphatic rings. The molecule has 2 atom stereocenters. The van der Waals surface area contributed by atoms with Crippen molar-refractivity contribution in [3.63, 3.8) is 0 Å². The maximum Gasteiger partial charge on any atom is 0.232 e. The Bertz CT molecular complexity index is 804. The molecule has 4 saturated carbocycles. The molecule has 0 saturated heterocycles. The summed E-state index contributed by atoms with van der Waals surface area (Å²) in [5.41, 5.74) is 1.72. The van der Waals surface area contributed by atoms with Crippen molar-refractivity contribution in [2.75, 3.05) is 5.32 Å². The molecule has 1 amide bonds. The first-order valence-electron chi connectivity index (χ1n) is 9.05. The molecule has 4 fully saturated rings. The van der Waals surface area contributed by atoms with Crippen molar-refractivity contribution in [2.24, 2.45) is 17.3 Å². The summed E-state index contributed by atoms with van der Waals surface area (Å²) in [4.78, 5) is 17.6. The SMILES string of the molecule is O=C(Nc1nc(-c2ccccc2)cs1)C12CC3CC(CC(Cl)(C3)C1)C2. The van der Waals surface area contributed by atoms with Crippen LogP contribution < -0.4 is 5.32 Å². The third-order valence-corrected chi connectivity index (χ3v) is 7.47. The van der Waals surface area contributed by atoms with Gasteiger partial charge >= 0.3 is 0 Å². The normalized spacial score (nSPS) is 35.7. The number of alkyl halides is 1. The van der Waals surface area contributed by atoms with E-state index in [9.17, 15) is 4.79 Å². The van der Waals surface area contributed by atoms with Crippen molar-refractivity contribution in [1.82, 2.24) is 4.98 Å². The van der Waals surface area contributed by atoms with E-state index in [0.29, 0.717) is 17.0 Å². The van der Waals surface area contributed by atoms with E-state index in [-0.39, 0.29) is 16.2 Å². The second-order valence-corrected chi connectivity index (χ2v) is 9.91. The highest BCUT2D eigenvalue weighted by Crippen LogP contribution is 2.64. The van der Waals surface area contributed by atoms with Crippen LogP contribution in [-0.2, 0) is 4.79 Å². The quantitative estimate of drug-likeness (QED) is 0.740. The van der Waals surface area contributed by atoms with Gasteiger partial charge in [0.2, 0.25) is 5.91 Å². The van der Waals surface area contributed by atoms with Crippen molar-refractivity contribution >= 4 is 34.0 Å². The van der Waals surface area contributed by atoms with E-state index in [1.165, 1.54) is 17.8 Å². The molecule has 2 aromatic rings. The molecule has 3 nitrogen and oxygen atoms in total. The monoisotopic (exact) mass is 372 g/mol. The highest BCUT2D eigenvalue weighted by Gasteiger charge is 2.60. The molecule has 1 heterocycles. The maximum absolute atomic E-state index is 13.2. The number of amides is 1. The van der Waals surface area contributed by atoms with E-state index in [1.54, 1.807) is 0 Å². The number of nitrogens with one attached hydrogen (secondary N) is 1. The molecule has 4 bridgehead atoms. The van der Waals surface area contributed by atoms with Crippen LogP contribution in [0.5, 0.6) is 0 Å². The second kappa shape index (κ2) is 5.55. The summed E-state index contributed by atoms with van der Waals surface area (Å²) in [6.45, 7) is 0. The van der Waals surface area contributed by atoms with Crippen LogP contribution in [0, 0.1) is 17.3 Å². The molecule has 1 aromatic carbocycles. The lowest BCUT2D eigenvalue weighted by Gasteiger charge is -2.59. The first-order valence-corrected chi connectivity index (χ1v) is 10.3. The van der Waals surface area contributed by atoms with Gasteiger partial charge in [0.05, 0.1) is 11.1 Å². The molecular weight excluding hydrogens is 352 g/mol. The van der Waals surface area contributed by atoms with E-state index in [1.807, 2.05) is 35.7 Å². The van der Waals surface area contributed by atoms with Gasteiger partial charge in [-0.15, -0.1) is 22.9 Å². The summed E-state index contributed by atoms with van der Waals surface area (Å²) in [6, 6.07) is 10.1. The lowest BCUT2D eigenvalue weighted by molar-refractivity contribution is -0.138. The van der Waals surface area contributed by atoms with Crippen molar-refractivity contribution in [3.8, 4) is 11.3 Å². The van der Waals surface area contributed by atoms with E-state index in [4.69, 9.17) is 11.6 Å². The molecule has 1 aromatic heterocycles. The Morgan fingerprint density at radius 1 is 1.16 bits per heavy atom. The van der Waals surface area contributed by atoms with Crippen molar-refractivity contribution < 1.29 is 4.79 Å². The van der Waals surface area contributed by atoms with Crippen LogP contribution in [0.15, 0.2) is 35.7 Å². The van der Waals surface area contributed by atoms with Gasteiger partial charge in [0, 0.05) is 15.8 Å². The van der Waals surface area contributed by atoms with Crippen LogP contribution in [0.2, 0.25) is 0 Å².